The van der Waals surface area contributed by atoms with Crippen LogP contribution in [0.25, 0.3) is 0 Å². The predicted octanol–water partition coefficient (Wildman–Crippen LogP) is 5.73. The van der Waals surface area contributed by atoms with Gasteiger partial charge >= 0.3 is 12.1 Å². The van der Waals surface area contributed by atoms with E-state index in [-0.39, 0.29) is 17.7 Å². The minimum absolute atomic E-state index is 0.156. The summed E-state index contributed by atoms with van der Waals surface area (Å²) in [5.74, 6) is -3.00. The SMILES string of the molecule is O=C(C[N+]12CCC(CC1)C(C(=O)OC(c1ccc(Cl)cc1)c1ccccc1Cl)C2)c1ccsc1.O=C([O-])C(F)(F)F. The first-order chi connectivity index (χ1) is 19.4. The summed E-state index contributed by atoms with van der Waals surface area (Å²) in [5.41, 5.74) is 2.34. The molecule has 218 valence electrons. The molecule has 1 aromatic heterocycles. The van der Waals surface area contributed by atoms with Gasteiger partial charge in [0.05, 0.1) is 19.6 Å². The molecule has 0 N–H and O–H groups in total. The predicted molar refractivity (Wildman–Crippen MR) is 146 cm³/mol. The maximum Gasteiger partial charge on any atom is 0.430 e. The van der Waals surface area contributed by atoms with E-state index in [2.05, 4.69) is 0 Å². The fourth-order valence-corrected chi connectivity index (χ4v) is 6.46. The molecule has 0 spiro atoms. The van der Waals surface area contributed by atoms with E-state index in [1.807, 2.05) is 47.2 Å². The van der Waals surface area contributed by atoms with Crippen LogP contribution in [0.2, 0.25) is 10.0 Å². The van der Waals surface area contributed by atoms with Gasteiger partial charge in [0, 0.05) is 39.4 Å². The Bertz CT molecular complexity index is 1370. The van der Waals surface area contributed by atoms with E-state index in [4.69, 9.17) is 37.8 Å². The third kappa shape index (κ3) is 7.68. The fraction of sp³-hybridized carbons (Fsp3) is 0.345. The second-order valence-electron chi connectivity index (χ2n) is 10.2. The van der Waals surface area contributed by atoms with Crippen LogP contribution in [0.1, 0.15) is 40.4 Å². The van der Waals surface area contributed by atoms with Gasteiger partial charge in [0.25, 0.3) is 0 Å². The van der Waals surface area contributed by atoms with Gasteiger partial charge in [-0.25, -0.2) is 0 Å². The molecule has 3 saturated heterocycles. The van der Waals surface area contributed by atoms with Gasteiger partial charge in [-0.2, -0.15) is 24.5 Å². The minimum atomic E-state index is -5.19. The van der Waals surface area contributed by atoms with E-state index in [0.717, 1.165) is 42.6 Å². The lowest BCUT2D eigenvalue weighted by atomic mass is 9.76. The standard InChI is InChI=1S/C27H26Cl2NO3S.C2HF3O2/c28-21-7-5-19(6-8-21)26(22-3-1-2-4-24(22)29)33-27(32)23-15-30(12-9-18(23)10-13-30)16-25(31)20-11-14-34-17-20;3-2(4,5)1(6)7/h1-8,11,14,17-18,23,26H,9-10,12-13,15-16H2;(H,6,7)/q+1;/p-1. The molecule has 41 heavy (non-hydrogen) atoms. The van der Waals surface area contributed by atoms with E-state index in [1.54, 1.807) is 18.2 Å². The summed E-state index contributed by atoms with van der Waals surface area (Å²) in [6.07, 6.45) is -3.93. The number of carboxylic acid groups (broad SMARTS) is 1. The molecule has 6 rings (SSSR count). The molecule has 0 amide bonds. The first-order valence-electron chi connectivity index (χ1n) is 12.8. The molecular formula is C29H26Cl2F3NO5S. The Morgan fingerprint density at radius 1 is 1.02 bits per heavy atom. The molecule has 2 bridgehead atoms. The second kappa shape index (κ2) is 12.9. The highest BCUT2D eigenvalue weighted by Gasteiger charge is 2.50. The van der Waals surface area contributed by atoms with E-state index >= 15 is 0 Å². The molecule has 3 aliphatic heterocycles. The van der Waals surface area contributed by atoms with Crippen LogP contribution >= 0.6 is 34.5 Å². The van der Waals surface area contributed by atoms with E-state index in [9.17, 15) is 22.8 Å². The van der Waals surface area contributed by atoms with Crippen molar-refractivity contribution in [1.82, 2.24) is 0 Å². The Morgan fingerprint density at radius 3 is 2.22 bits per heavy atom. The number of ketones is 1. The van der Waals surface area contributed by atoms with E-state index in [0.29, 0.717) is 33.5 Å². The number of carbonyl (C=O) groups excluding carboxylic acids is 3. The number of hydrogen-bond acceptors (Lipinski definition) is 6. The molecule has 0 saturated carbocycles. The van der Waals surface area contributed by atoms with Gasteiger partial charge in [-0.3, -0.25) is 9.59 Å². The lowest BCUT2D eigenvalue weighted by Crippen LogP contribution is -2.64. The quantitative estimate of drug-likeness (QED) is 0.190. The van der Waals surface area contributed by atoms with E-state index < -0.39 is 18.2 Å². The number of nitrogens with zero attached hydrogens (tertiary/aromatic N) is 1. The summed E-state index contributed by atoms with van der Waals surface area (Å²) in [4.78, 5) is 35.3. The zero-order valence-electron chi connectivity index (χ0n) is 21.6. The molecule has 2 unspecified atom stereocenters. The first kappa shape index (κ1) is 31.0. The van der Waals surface area contributed by atoms with Crippen molar-refractivity contribution in [2.75, 3.05) is 26.2 Å². The molecule has 3 aliphatic rings. The number of piperidine rings is 3. The normalized spacial score (nSPS) is 22.3. The second-order valence-corrected chi connectivity index (χ2v) is 11.8. The molecule has 12 heteroatoms. The van der Waals surface area contributed by atoms with E-state index in [1.165, 1.54) is 11.3 Å². The van der Waals surface area contributed by atoms with Crippen molar-refractivity contribution >= 4 is 52.3 Å². The van der Waals surface area contributed by atoms with Crippen LogP contribution in [0.15, 0.2) is 65.4 Å². The third-order valence-corrected chi connectivity index (χ3v) is 8.83. The van der Waals surface area contributed by atoms with Crippen LogP contribution in [0.3, 0.4) is 0 Å². The van der Waals surface area contributed by atoms with Crippen molar-refractivity contribution < 1.29 is 41.9 Å². The molecule has 0 radical (unpaired) electrons. The number of fused-ring (bicyclic) bond motifs is 3. The summed E-state index contributed by atoms with van der Waals surface area (Å²) in [6, 6.07) is 16.6. The number of Topliss-reactive ketones (excluding diaryl/α,β-unsaturated/α-hetero) is 1. The monoisotopic (exact) mass is 627 g/mol. The van der Waals surface area contributed by atoms with Crippen molar-refractivity contribution in [3.05, 3.63) is 92.1 Å². The number of esters is 1. The Labute approximate surface area is 248 Å². The van der Waals surface area contributed by atoms with Gasteiger partial charge < -0.3 is 19.1 Å². The molecule has 2 aromatic carbocycles. The summed E-state index contributed by atoms with van der Waals surface area (Å²) < 4.78 is 38.4. The third-order valence-electron chi connectivity index (χ3n) is 7.55. The molecule has 4 heterocycles. The van der Waals surface area contributed by atoms with Crippen molar-refractivity contribution in [3.63, 3.8) is 0 Å². The highest BCUT2D eigenvalue weighted by Crippen LogP contribution is 2.40. The van der Waals surface area contributed by atoms with Crippen LogP contribution in [0.5, 0.6) is 0 Å². The van der Waals surface area contributed by atoms with Gasteiger partial charge in [0.15, 0.2) is 6.10 Å². The first-order valence-corrected chi connectivity index (χ1v) is 14.5. The van der Waals surface area contributed by atoms with Crippen LogP contribution in [0.4, 0.5) is 13.2 Å². The van der Waals surface area contributed by atoms with Crippen LogP contribution in [0, 0.1) is 11.8 Å². The molecule has 2 atom stereocenters. The van der Waals surface area contributed by atoms with Crippen LogP contribution in [-0.4, -0.2) is 54.6 Å². The van der Waals surface area contributed by atoms with Crippen molar-refractivity contribution in [3.8, 4) is 0 Å². The number of alkyl halides is 3. The maximum absolute atomic E-state index is 13.6. The van der Waals surface area contributed by atoms with Crippen LogP contribution in [-0.2, 0) is 14.3 Å². The Kier molecular flexibility index (Phi) is 9.79. The zero-order chi connectivity index (χ0) is 29.8. The lowest BCUT2D eigenvalue weighted by Gasteiger charge is -2.51. The smallest absolute Gasteiger partial charge is 0.430 e. The number of carboxylic acids is 1. The highest BCUT2D eigenvalue weighted by atomic mass is 35.5. The maximum atomic E-state index is 13.6. The fourth-order valence-electron chi connectivity index (χ4n) is 5.44. The summed E-state index contributed by atoms with van der Waals surface area (Å²) >= 11 is 14.1. The number of hydrogen-bond donors (Lipinski definition) is 0. The summed E-state index contributed by atoms with van der Waals surface area (Å²) in [7, 11) is 0. The molecule has 3 fully saturated rings. The molecular weight excluding hydrogens is 602 g/mol. The number of halogens is 5. The summed E-state index contributed by atoms with van der Waals surface area (Å²) in [6.45, 7) is 2.97. The number of benzene rings is 2. The van der Waals surface area contributed by atoms with Crippen molar-refractivity contribution in [1.29, 1.82) is 0 Å². The average molecular weight is 628 g/mol. The van der Waals surface area contributed by atoms with Crippen molar-refractivity contribution in [2.24, 2.45) is 11.8 Å². The van der Waals surface area contributed by atoms with Gasteiger partial charge in [0.2, 0.25) is 5.78 Å². The molecule has 3 aromatic rings. The number of carbonyl (C=O) groups is 3. The van der Waals surface area contributed by atoms with Crippen molar-refractivity contribution in [2.45, 2.75) is 25.1 Å². The zero-order valence-corrected chi connectivity index (χ0v) is 23.9. The topological polar surface area (TPSA) is 83.5 Å². The number of rotatable bonds is 7. The lowest BCUT2D eigenvalue weighted by molar-refractivity contribution is -0.938. The highest BCUT2D eigenvalue weighted by molar-refractivity contribution is 7.08. The minimum Gasteiger partial charge on any atom is -0.542 e. The number of ether oxygens (including phenoxy) is 1. The molecule has 6 nitrogen and oxygen atoms in total. The Balaban J connectivity index is 0.000000493. The van der Waals surface area contributed by atoms with Gasteiger partial charge in [-0.05, 0) is 41.1 Å². The van der Waals surface area contributed by atoms with Gasteiger partial charge in [-0.15, -0.1) is 0 Å². The van der Waals surface area contributed by atoms with Gasteiger partial charge in [-0.1, -0.05) is 53.5 Å². The summed E-state index contributed by atoms with van der Waals surface area (Å²) in [5, 5.41) is 13.8. The number of quaternary nitrogens is 1. The molecule has 0 aliphatic carbocycles. The number of thiophene rings is 1. The number of aliphatic carboxylic acids is 1. The Hall–Kier alpha value is -2.92. The van der Waals surface area contributed by atoms with Gasteiger partial charge in [0.1, 0.15) is 18.4 Å². The van der Waals surface area contributed by atoms with Crippen LogP contribution < -0.4 is 5.11 Å². The average Bonchev–Trinajstić information content (AvgIpc) is 3.48. The Morgan fingerprint density at radius 2 is 1.66 bits per heavy atom. The largest absolute Gasteiger partial charge is 0.542 e.